The number of nitrogens with one attached hydrogen (secondary N) is 1. The number of rotatable bonds is 3. The van der Waals surface area contributed by atoms with Gasteiger partial charge in [-0.2, -0.15) is 5.10 Å². The van der Waals surface area contributed by atoms with Crippen molar-refractivity contribution in [3.63, 3.8) is 0 Å². The van der Waals surface area contributed by atoms with Gasteiger partial charge in [-0.05, 0) is 12.5 Å². The van der Waals surface area contributed by atoms with E-state index < -0.39 is 6.03 Å². The van der Waals surface area contributed by atoms with E-state index >= 15 is 0 Å². The van der Waals surface area contributed by atoms with E-state index in [2.05, 4.69) is 10.5 Å². The van der Waals surface area contributed by atoms with Gasteiger partial charge in [0.05, 0.1) is 5.71 Å². The lowest BCUT2D eigenvalue weighted by Gasteiger charge is -1.96. The van der Waals surface area contributed by atoms with Crippen molar-refractivity contribution in [3.05, 3.63) is 10.6 Å². The van der Waals surface area contributed by atoms with E-state index in [1.807, 2.05) is 6.92 Å². The third kappa shape index (κ3) is 6.00. The van der Waals surface area contributed by atoms with Crippen molar-refractivity contribution < 1.29 is 4.79 Å². The quantitative estimate of drug-likeness (QED) is 0.540. The molecule has 0 saturated heterocycles. The molecule has 0 radical (unpaired) electrons. The summed E-state index contributed by atoms with van der Waals surface area (Å²) in [6.45, 7) is 1.84. The number of amides is 2. The molecule has 0 fully saturated rings. The minimum Gasteiger partial charge on any atom is -0.350 e. The molecule has 0 saturated carbocycles. The second kappa shape index (κ2) is 5.85. The predicted molar refractivity (Wildman–Crippen MR) is 50.2 cm³/mol. The highest BCUT2D eigenvalue weighted by molar-refractivity contribution is 6.56. The van der Waals surface area contributed by atoms with Crippen molar-refractivity contribution in [3.8, 4) is 0 Å². The van der Waals surface area contributed by atoms with E-state index in [9.17, 15) is 4.79 Å². The summed E-state index contributed by atoms with van der Waals surface area (Å²) in [6.07, 6.45) is 2.03. The molecule has 2 amide bonds. The molecule has 0 bridgehead atoms. The highest BCUT2D eigenvalue weighted by Crippen LogP contribution is 2.07. The summed E-state index contributed by atoms with van der Waals surface area (Å²) in [5, 5.41) is 3.63. The summed E-state index contributed by atoms with van der Waals surface area (Å²) in [4.78, 5) is 10.2. The van der Waals surface area contributed by atoms with Crippen molar-refractivity contribution in [2.24, 2.45) is 10.8 Å². The van der Waals surface area contributed by atoms with E-state index in [0.29, 0.717) is 12.1 Å². The zero-order chi connectivity index (χ0) is 9.56. The van der Waals surface area contributed by atoms with Crippen molar-refractivity contribution in [2.45, 2.75) is 13.3 Å². The van der Waals surface area contributed by atoms with E-state index in [-0.39, 0.29) is 4.49 Å². The van der Waals surface area contributed by atoms with Crippen LogP contribution in [0.1, 0.15) is 13.3 Å². The molecule has 0 aromatic rings. The number of nitrogens with two attached hydrogens (primary N) is 1. The number of carbonyl (C=O) groups is 1. The predicted octanol–water partition coefficient (Wildman–Crippen LogP) is 1.74. The summed E-state index contributed by atoms with van der Waals surface area (Å²) in [5.74, 6) is 0. The Labute approximate surface area is 80.4 Å². The molecule has 0 spiro atoms. The van der Waals surface area contributed by atoms with Crippen LogP contribution in [0.5, 0.6) is 0 Å². The van der Waals surface area contributed by atoms with Gasteiger partial charge in [-0.25, -0.2) is 10.2 Å². The molecule has 3 N–H and O–H groups in total. The number of halogens is 2. The van der Waals surface area contributed by atoms with Gasteiger partial charge in [0.15, 0.2) is 0 Å². The van der Waals surface area contributed by atoms with Gasteiger partial charge in [0.25, 0.3) is 0 Å². The SMILES string of the molecule is CC/C(C=C(Cl)Cl)=N/NC(N)=O. The van der Waals surface area contributed by atoms with Gasteiger partial charge in [-0.15, -0.1) is 0 Å². The van der Waals surface area contributed by atoms with Crippen LogP contribution in [0.2, 0.25) is 0 Å². The topological polar surface area (TPSA) is 67.5 Å². The molecule has 0 aliphatic heterocycles. The third-order valence-electron chi connectivity index (χ3n) is 0.948. The van der Waals surface area contributed by atoms with Gasteiger partial charge in [0.1, 0.15) is 4.49 Å². The Morgan fingerprint density at radius 3 is 2.58 bits per heavy atom. The summed E-state index contributed by atoms with van der Waals surface area (Å²) in [5.41, 5.74) is 7.40. The highest BCUT2D eigenvalue weighted by Gasteiger charge is 1.94. The molecule has 0 rings (SSSR count). The molecule has 0 heterocycles. The second-order valence-electron chi connectivity index (χ2n) is 1.87. The van der Waals surface area contributed by atoms with Crippen molar-refractivity contribution in [1.82, 2.24) is 5.43 Å². The van der Waals surface area contributed by atoms with Crippen LogP contribution in [0.25, 0.3) is 0 Å². The van der Waals surface area contributed by atoms with Crippen LogP contribution in [-0.2, 0) is 0 Å². The van der Waals surface area contributed by atoms with Crippen LogP contribution < -0.4 is 11.2 Å². The Bertz CT molecular complexity index is 221. The minimum atomic E-state index is -0.722. The lowest BCUT2D eigenvalue weighted by Crippen LogP contribution is -2.25. The first-order valence-electron chi connectivity index (χ1n) is 3.21. The average molecular weight is 210 g/mol. The van der Waals surface area contributed by atoms with Crippen molar-refractivity contribution >= 4 is 34.9 Å². The van der Waals surface area contributed by atoms with Gasteiger partial charge < -0.3 is 5.73 Å². The molecule has 0 unspecified atom stereocenters. The Balaban J connectivity index is 4.24. The summed E-state index contributed by atoms with van der Waals surface area (Å²) < 4.78 is 0.0851. The fourth-order valence-corrected chi connectivity index (χ4v) is 0.718. The van der Waals surface area contributed by atoms with Gasteiger partial charge in [-0.3, -0.25) is 0 Å². The Morgan fingerprint density at radius 1 is 1.67 bits per heavy atom. The molecule has 0 atom stereocenters. The molecule has 0 aliphatic carbocycles. The number of hydrazone groups is 1. The molecule has 0 aromatic heterocycles. The number of primary amides is 1. The Kier molecular flexibility index (Phi) is 5.49. The smallest absolute Gasteiger partial charge is 0.332 e. The largest absolute Gasteiger partial charge is 0.350 e. The first-order chi connectivity index (χ1) is 5.56. The van der Waals surface area contributed by atoms with Crippen molar-refractivity contribution in [2.75, 3.05) is 0 Å². The van der Waals surface area contributed by atoms with Gasteiger partial charge in [-0.1, -0.05) is 30.1 Å². The Morgan fingerprint density at radius 2 is 2.25 bits per heavy atom. The lowest BCUT2D eigenvalue weighted by atomic mass is 10.3. The molecule has 4 nitrogen and oxygen atoms in total. The van der Waals surface area contributed by atoms with Crippen LogP contribution in [-0.4, -0.2) is 11.7 Å². The highest BCUT2D eigenvalue weighted by atomic mass is 35.5. The summed E-state index contributed by atoms with van der Waals surface area (Å²) in [7, 11) is 0. The average Bonchev–Trinajstić information content (AvgIpc) is 1.97. The fraction of sp³-hybridized carbons (Fsp3) is 0.333. The van der Waals surface area contributed by atoms with Crippen LogP contribution in [0.4, 0.5) is 4.79 Å². The van der Waals surface area contributed by atoms with E-state index in [0.717, 1.165) is 0 Å². The van der Waals surface area contributed by atoms with E-state index in [1.165, 1.54) is 6.08 Å². The summed E-state index contributed by atoms with van der Waals surface area (Å²) >= 11 is 10.7. The van der Waals surface area contributed by atoms with Crippen LogP contribution in [0, 0.1) is 0 Å². The van der Waals surface area contributed by atoms with Crippen LogP contribution >= 0.6 is 23.2 Å². The second-order valence-corrected chi connectivity index (χ2v) is 2.87. The van der Waals surface area contributed by atoms with Gasteiger partial charge >= 0.3 is 6.03 Å². The van der Waals surface area contributed by atoms with E-state index in [4.69, 9.17) is 28.9 Å². The number of carbonyl (C=O) groups excluding carboxylic acids is 1. The minimum absolute atomic E-state index is 0.0851. The Hall–Kier alpha value is -0.740. The standard InChI is InChI=1S/C6H9Cl2N3O/c1-2-4(3-5(7)8)10-11-6(9)12/h3H,2H2,1H3,(H3,9,11,12)/b10-4-. The molecule has 12 heavy (non-hydrogen) atoms. The number of nitrogens with zero attached hydrogens (tertiary/aromatic N) is 1. The first-order valence-corrected chi connectivity index (χ1v) is 3.96. The van der Waals surface area contributed by atoms with Gasteiger partial charge in [0, 0.05) is 0 Å². The molecular formula is C6H9Cl2N3O. The number of allylic oxidation sites excluding steroid dienone is 1. The molecule has 0 aliphatic rings. The normalized spacial score (nSPS) is 10.8. The molecule has 0 aromatic carbocycles. The lowest BCUT2D eigenvalue weighted by molar-refractivity contribution is 0.249. The monoisotopic (exact) mass is 209 g/mol. The number of hydrogen-bond acceptors (Lipinski definition) is 2. The first kappa shape index (κ1) is 11.3. The maximum Gasteiger partial charge on any atom is 0.332 e. The number of hydrogen-bond donors (Lipinski definition) is 2. The third-order valence-corrected chi connectivity index (χ3v) is 1.17. The van der Waals surface area contributed by atoms with Gasteiger partial charge in [0.2, 0.25) is 0 Å². The van der Waals surface area contributed by atoms with Crippen LogP contribution in [0.15, 0.2) is 15.7 Å². The molecule has 6 heteroatoms. The van der Waals surface area contributed by atoms with Crippen LogP contribution in [0.3, 0.4) is 0 Å². The fourth-order valence-electron chi connectivity index (χ4n) is 0.466. The van der Waals surface area contributed by atoms with E-state index in [1.54, 1.807) is 0 Å². The zero-order valence-electron chi connectivity index (χ0n) is 6.47. The molecular weight excluding hydrogens is 201 g/mol. The summed E-state index contributed by atoms with van der Waals surface area (Å²) in [6, 6.07) is -0.722. The zero-order valence-corrected chi connectivity index (χ0v) is 7.99. The maximum absolute atomic E-state index is 10.2. The van der Waals surface area contributed by atoms with Crippen molar-refractivity contribution in [1.29, 1.82) is 0 Å². The maximum atomic E-state index is 10.2. The number of urea groups is 1. The molecule has 68 valence electrons.